The molecule has 3 rings (SSSR count). The van der Waals surface area contributed by atoms with Gasteiger partial charge in [-0.25, -0.2) is 9.18 Å². The molecule has 29 heavy (non-hydrogen) atoms. The molecule has 0 aliphatic carbocycles. The van der Waals surface area contributed by atoms with Crippen LogP contribution in [0.25, 0.3) is 0 Å². The Kier molecular flexibility index (Phi) is 6.91. The predicted molar refractivity (Wildman–Crippen MR) is 107 cm³/mol. The van der Waals surface area contributed by atoms with Gasteiger partial charge in [0.05, 0.1) is 18.8 Å². The van der Waals surface area contributed by atoms with Crippen molar-refractivity contribution < 1.29 is 23.7 Å². The molecule has 152 valence electrons. The average Bonchev–Trinajstić information content (AvgIpc) is 2.71. The quantitative estimate of drug-likeness (QED) is 0.613. The van der Waals surface area contributed by atoms with E-state index in [-0.39, 0.29) is 24.1 Å². The van der Waals surface area contributed by atoms with E-state index < -0.39 is 17.8 Å². The number of carbonyl (C=O) groups is 3. The molecule has 0 radical (unpaired) electrons. The second kappa shape index (κ2) is 9.79. The van der Waals surface area contributed by atoms with Gasteiger partial charge in [-0.05, 0) is 24.3 Å². The fourth-order valence-electron chi connectivity index (χ4n) is 3.34. The second-order valence-electron chi connectivity index (χ2n) is 7.04. The lowest BCUT2D eigenvalue weighted by molar-refractivity contribution is -0.897. The zero-order chi connectivity index (χ0) is 20.6. The number of hydrogen-bond acceptors (Lipinski definition) is 3. The number of piperidine rings is 1. The fraction of sp³-hybridized carbons (Fsp3) is 0.286. The average molecular weight is 399 g/mol. The standard InChI is InChI=1S/C21H23FN4O3/c22-17-8-4-5-9-18(17)24-21(29)25-19(27)14-26-12-10-15(11-13-26)20(28)23-16-6-2-1-3-7-16/h1-9,15H,10-14H2,(H,23,28)(H2,24,25,27,29)/p+1. The maximum absolute atomic E-state index is 13.5. The van der Waals surface area contributed by atoms with Gasteiger partial charge in [0.1, 0.15) is 5.82 Å². The number of para-hydroxylation sites is 2. The van der Waals surface area contributed by atoms with Gasteiger partial charge >= 0.3 is 6.03 Å². The van der Waals surface area contributed by atoms with Crippen LogP contribution in [0, 0.1) is 11.7 Å². The molecular weight excluding hydrogens is 375 g/mol. The molecule has 0 spiro atoms. The van der Waals surface area contributed by atoms with Crippen LogP contribution >= 0.6 is 0 Å². The first-order valence-electron chi connectivity index (χ1n) is 9.56. The topological polar surface area (TPSA) is 91.7 Å². The third-order valence-corrected chi connectivity index (χ3v) is 4.89. The van der Waals surface area contributed by atoms with E-state index in [0.29, 0.717) is 25.9 Å². The Morgan fingerprint density at radius 1 is 0.931 bits per heavy atom. The van der Waals surface area contributed by atoms with Gasteiger partial charge in [-0.2, -0.15) is 0 Å². The van der Waals surface area contributed by atoms with Gasteiger partial charge in [-0.1, -0.05) is 30.3 Å². The number of rotatable bonds is 5. The Bertz CT molecular complexity index is 867. The van der Waals surface area contributed by atoms with Gasteiger partial charge in [-0.15, -0.1) is 0 Å². The molecule has 0 bridgehead atoms. The van der Waals surface area contributed by atoms with Crippen LogP contribution in [0.2, 0.25) is 0 Å². The number of anilines is 2. The smallest absolute Gasteiger partial charge is 0.326 e. The van der Waals surface area contributed by atoms with E-state index in [1.807, 2.05) is 30.3 Å². The molecule has 0 aromatic heterocycles. The number of imide groups is 1. The molecule has 0 saturated carbocycles. The Morgan fingerprint density at radius 2 is 1.59 bits per heavy atom. The highest BCUT2D eigenvalue weighted by atomic mass is 19.1. The number of benzene rings is 2. The number of likely N-dealkylation sites (tertiary alicyclic amines) is 1. The van der Waals surface area contributed by atoms with E-state index in [1.165, 1.54) is 18.2 Å². The van der Waals surface area contributed by atoms with Crippen LogP contribution in [0.3, 0.4) is 0 Å². The number of halogens is 1. The maximum Gasteiger partial charge on any atom is 0.326 e. The minimum absolute atomic E-state index is 0.00962. The van der Waals surface area contributed by atoms with Gasteiger partial charge in [0.15, 0.2) is 6.54 Å². The highest BCUT2D eigenvalue weighted by Gasteiger charge is 2.28. The summed E-state index contributed by atoms with van der Waals surface area (Å²) in [6, 6.07) is 14.3. The minimum atomic E-state index is -0.767. The van der Waals surface area contributed by atoms with Crippen molar-refractivity contribution in [2.75, 3.05) is 30.3 Å². The van der Waals surface area contributed by atoms with Crippen LogP contribution in [-0.4, -0.2) is 37.5 Å². The van der Waals surface area contributed by atoms with E-state index >= 15 is 0 Å². The summed E-state index contributed by atoms with van der Waals surface area (Å²) < 4.78 is 13.5. The molecule has 4 amide bonds. The Morgan fingerprint density at radius 3 is 2.28 bits per heavy atom. The molecule has 2 aromatic carbocycles. The SMILES string of the molecule is O=C(C[NH+]1CCC(C(=O)Nc2ccccc2)CC1)NC(=O)Nc1ccccc1F. The molecule has 1 fully saturated rings. The number of quaternary nitrogens is 1. The molecule has 1 aliphatic rings. The molecule has 0 atom stereocenters. The summed E-state index contributed by atoms with van der Waals surface area (Å²) in [6.45, 7) is 1.45. The van der Waals surface area contributed by atoms with Gasteiger partial charge < -0.3 is 15.5 Å². The first-order valence-corrected chi connectivity index (χ1v) is 9.56. The molecule has 0 unspecified atom stereocenters. The number of amides is 4. The number of carbonyl (C=O) groups excluding carboxylic acids is 3. The maximum atomic E-state index is 13.5. The molecule has 8 heteroatoms. The summed E-state index contributed by atoms with van der Waals surface area (Å²) in [4.78, 5) is 37.3. The lowest BCUT2D eigenvalue weighted by Crippen LogP contribution is -3.14. The molecule has 2 aromatic rings. The van der Waals surface area contributed by atoms with Crippen LogP contribution in [0.5, 0.6) is 0 Å². The Labute approximate surface area is 168 Å². The third-order valence-electron chi connectivity index (χ3n) is 4.89. The highest BCUT2D eigenvalue weighted by molar-refractivity contribution is 6.01. The van der Waals surface area contributed by atoms with Crippen LogP contribution in [0.1, 0.15) is 12.8 Å². The Hall–Kier alpha value is -3.26. The van der Waals surface area contributed by atoms with Crippen molar-refractivity contribution in [2.24, 2.45) is 5.92 Å². The second-order valence-corrected chi connectivity index (χ2v) is 7.04. The normalized spacial score (nSPS) is 18.5. The fourth-order valence-corrected chi connectivity index (χ4v) is 3.34. The molecule has 7 nitrogen and oxygen atoms in total. The first-order chi connectivity index (χ1) is 14.0. The van der Waals surface area contributed by atoms with Crippen LogP contribution < -0.4 is 20.9 Å². The van der Waals surface area contributed by atoms with Crippen molar-refractivity contribution in [1.29, 1.82) is 0 Å². The Balaban J connectivity index is 1.39. The van der Waals surface area contributed by atoms with E-state index in [4.69, 9.17) is 0 Å². The lowest BCUT2D eigenvalue weighted by atomic mass is 9.96. The van der Waals surface area contributed by atoms with Gasteiger partial charge in [0, 0.05) is 24.4 Å². The molecule has 1 saturated heterocycles. The summed E-state index contributed by atoms with van der Waals surface area (Å²) in [5, 5.41) is 7.44. The van der Waals surface area contributed by atoms with Gasteiger partial charge in [0.2, 0.25) is 5.91 Å². The molecule has 1 aliphatic heterocycles. The van der Waals surface area contributed by atoms with Gasteiger partial charge in [-0.3, -0.25) is 14.9 Å². The first kappa shape index (κ1) is 20.5. The van der Waals surface area contributed by atoms with Crippen molar-refractivity contribution in [3.63, 3.8) is 0 Å². The summed E-state index contributed by atoms with van der Waals surface area (Å²) in [5.74, 6) is -1.12. The molecular formula is C21H24FN4O3+. The van der Waals surface area contributed by atoms with Crippen molar-refractivity contribution in [1.82, 2.24) is 5.32 Å². The van der Waals surface area contributed by atoms with E-state index in [9.17, 15) is 18.8 Å². The van der Waals surface area contributed by atoms with Crippen LogP contribution in [0.15, 0.2) is 54.6 Å². The summed E-state index contributed by atoms with van der Waals surface area (Å²) in [5.41, 5.74) is 0.780. The lowest BCUT2D eigenvalue weighted by Gasteiger charge is -2.28. The number of urea groups is 1. The summed E-state index contributed by atoms with van der Waals surface area (Å²) in [6.07, 6.45) is 1.34. The zero-order valence-corrected chi connectivity index (χ0v) is 15.9. The minimum Gasteiger partial charge on any atom is -0.327 e. The molecule has 4 N–H and O–H groups in total. The van der Waals surface area contributed by atoms with Crippen molar-refractivity contribution in [3.05, 3.63) is 60.4 Å². The predicted octanol–water partition coefficient (Wildman–Crippen LogP) is 1.41. The largest absolute Gasteiger partial charge is 0.327 e. The monoisotopic (exact) mass is 399 g/mol. The van der Waals surface area contributed by atoms with Crippen molar-refractivity contribution >= 4 is 29.2 Å². The van der Waals surface area contributed by atoms with E-state index in [1.54, 1.807) is 6.07 Å². The van der Waals surface area contributed by atoms with Gasteiger partial charge in [0.25, 0.3) is 5.91 Å². The van der Waals surface area contributed by atoms with E-state index in [0.717, 1.165) is 10.6 Å². The van der Waals surface area contributed by atoms with Crippen LogP contribution in [0.4, 0.5) is 20.6 Å². The van der Waals surface area contributed by atoms with Crippen molar-refractivity contribution in [2.45, 2.75) is 12.8 Å². The highest BCUT2D eigenvalue weighted by Crippen LogP contribution is 2.14. The van der Waals surface area contributed by atoms with E-state index in [2.05, 4.69) is 16.0 Å². The summed E-state index contributed by atoms with van der Waals surface area (Å²) >= 11 is 0. The zero-order valence-electron chi connectivity index (χ0n) is 15.9. The van der Waals surface area contributed by atoms with Crippen LogP contribution in [-0.2, 0) is 9.59 Å². The summed E-state index contributed by atoms with van der Waals surface area (Å²) in [7, 11) is 0. The number of hydrogen-bond donors (Lipinski definition) is 4. The third kappa shape index (κ3) is 6.11. The molecule has 1 heterocycles. The number of nitrogens with one attached hydrogen (secondary N) is 4. The van der Waals surface area contributed by atoms with Crippen molar-refractivity contribution in [3.8, 4) is 0 Å².